The molecule has 3 heterocycles. The van der Waals surface area contributed by atoms with Crippen molar-refractivity contribution in [1.29, 1.82) is 0 Å². The van der Waals surface area contributed by atoms with Crippen molar-refractivity contribution >= 4 is 35.5 Å². The van der Waals surface area contributed by atoms with Crippen LogP contribution in [0.4, 0.5) is 11.7 Å². The van der Waals surface area contributed by atoms with Gasteiger partial charge < -0.3 is 19.6 Å². The molecule has 2 N–H and O–H groups in total. The Morgan fingerprint density at radius 3 is 2.94 bits per heavy atom. The minimum Gasteiger partial charge on any atom is -0.504 e. The average Bonchev–Trinajstić information content (AvgIpc) is 3.38. The molecule has 3 aromatic rings. The lowest BCUT2D eigenvalue weighted by Gasteiger charge is -2.06. The average molecular weight is 429 g/mol. The molecule has 1 saturated carbocycles. The molecular formula is C25H23N3O4. The van der Waals surface area contributed by atoms with Crippen LogP contribution in [0.5, 0.6) is 5.75 Å². The first-order valence-corrected chi connectivity index (χ1v) is 10.7. The van der Waals surface area contributed by atoms with Crippen LogP contribution >= 0.6 is 0 Å². The summed E-state index contributed by atoms with van der Waals surface area (Å²) in [6, 6.07) is 14.1. The molecule has 7 nitrogen and oxygen atoms in total. The van der Waals surface area contributed by atoms with Gasteiger partial charge in [0.2, 0.25) is 5.88 Å². The van der Waals surface area contributed by atoms with Crippen LogP contribution in [0.25, 0.3) is 11.6 Å². The van der Waals surface area contributed by atoms with Gasteiger partial charge in [0.15, 0.2) is 22.9 Å². The van der Waals surface area contributed by atoms with E-state index in [1.54, 1.807) is 25.4 Å². The zero-order valence-electron chi connectivity index (χ0n) is 17.6. The minimum absolute atomic E-state index is 0.0111. The van der Waals surface area contributed by atoms with E-state index in [2.05, 4.69) is 27.4 Å². The minimum atomic E-state index is -0.626. The number of hydrogen-bond donors (Lipinski definition) is 2. The SMILES string of the molecule is CCOC(=O)c1c(NC[C@@H]2CC2c2ccccc2)oc(C=C2C=Nc3ncccc32)c1O. The van der Waals surface area contributed by atoms with Gasteiger partial charge in [-0.1, -0.05) is 30.3 Å². The number of hydrogen-bond acceptors (Lipinski definition) is 7. The third-order valence-corrected chi connectivity index (χ3v) is 5.77. The van der Waals surface area contributed by atoms with E-state index in [1.165, 1.54) is 5.56 Å². The Balaban J connectivity index is 1.39. The number of nitrogens with one attached hydrogen (secondary N) is 1. The van der Waals surface area contributed by atoms with Crippen LogP contribution in [0.15, 0.2) is 58.1 Å². The zero-order chi connectivity index (χ0) is 22.1. The number of allylic oxidation sites excluding steroid dienone is 1. The fraction of sp³-hybridized carbons (Fsp3) is 0.240. The van der Waals surface area contributed by atoms with E-state index in [9.17, 15) is 9.90 Å². The second-order valence-corrected chi connectivity index (χ2v) is 7.87. The number of carbonyl (C=O) groups excluding carboxylic acids is 1. The summed E-state index contributed by atoms with van der Waals surface area (Å²) in [6.07, 6.45) is 6.05. The van der Waals surface area contributed by atoms with Crippen molar-refractivity contribution in [2.24, 2.45) is 10.9 Å². The number of anilines is 1. The van der Waals surface area contributed by atoms with E-state index in [0.29, 0.717) is 24.2 Å². The van der Waals surface area contributed by atoms with Crippen LogP contribution < -0.4 is 5.32 Å². The molecular weight excluding hydrogens is 406 g/mol. The highest BCUT2D eigenvalue weighted by Crippen LogP contribution is 2.48. The van der Waals surface area contributed by atoms with Gasteiger partial charge in [0.05, 0.1) is 6.61 Å². The number of aromatic hydroxyl groups is 1. The number of aromatic nitrogens is 1. The molecule has 0 amide bonds. The molecule has 1 aromatic carbocycles. The Bertz CT molecular complexity index is 1210. The fourth-order valence-corrected chi connectivity index (χ4v) is 4.04. The summed E-state index contributed by atoms with van der Waals surface area (Å²) < 4.78 is 11.0. The number of pyridine rings is 1. The summed E-state index contributed by atoms with van der Waals surface area (Å²) >= 11 is 0. The van der Waals surface area contributed by atoms with E-state index < -0.39 is 5.97 Å². The first-order chi connectivity index (χ1) is 15.7. The molecule has 0 bridgehead atoms. The van der Waals surface area contributed by atoms with Crippen molar-refractivity contribution in [3.8, 4) is 5.75 Å². The second-order valence-electron chi connectivity index (χ2n) is 7.87. The molecule has 32 heavy (non-hydrogen) atoms. The van der Waals surface area contributed by atoms with Crippen molar-refractivity contribution < 1.29 is 19.1 Å². The van der Waals surface area contributed by atoms with Crippen LogP contribution in [-0.4, -0.2) is 35.4 Å². The maximum Gasteiger partial charge on any atom is 0.347 e. The van der Waals surface area contributed by atoms with Gasteiger partial charge in [0.25, 0.3) is 0 Å². The van der Waals surface area contributed by atoms with E-state index >= 15 is 0 Å². The Labute approximate surface area is 185 Å². The van der Waals surface area contributed by atoms with Gasteiger partial charge in [-0.2, -0.15) is 0 Å². The van der Waals surface area contributed by atoms with Crippen LogP contribution in [0.3, 0.4) is 0 Å². The molecule has 5 rings (SSSR count). The molecule has 1 aliphatic heterocycles. The number of aliphatic imine (C=N–C) groups is 1. The zero-order valence-corrected chi connectivity index (χ0v) is 17.6. The normalized spacial score (nSPS) is 19.7. The Morgan fingerprint density at radius 1 is 1.28 bits per heavy atom. The van der Waals surface area contributed by atoms with Gasteiger partial charge in [0, 0.05) is 30.1 Å². The van der Waals surface area contributed by atoms with E-state index in [-0.39, 0.29) is 29.6 Å². The molecule has 162 valence electrons. The van der Waals surface area contributed by atoms with Crippen molar-refractivity contribution in [3.63, 3.8) is 0 Å². The fourth-order valence-electron chi connectivity index (χ4n) is 4.04. The maximum atomic E-state index is 12.5. The largest absolute Gasteiger partial charge is 0.504 e. The first kappa shape index (κ1) is 20.1. The standard InChI is InChI=1S/C25H23N3O4/c1-2-31-25(30)21-22(29)20(12-17-13-27-23-18(17)9-6-10-26-23)32-24(21)28-14-16-11-19(16)15-7-4-3-5-8-15/h3-10,12-13,16,19,28-29H,2,11,14H2,1H3/t16-,19?/m0/s1. The summed E-state index contributed by atoms with van der Waals surface area (Å²) in [5, 5.41) is 14.0. The molecule has 1 aliphatic carbocycles. The van der Waals surface area contributed by atoms with Crippen molar-refractivity contribution in [2.75, 3.05) is 18.5 Å². The molecule has 0 spiro atoms. The van der Waals surface area contributed by atoms with Crippen molar-refractivity contribution in [3.05, 3.63) is 71.1 Å². The number of nitrogens with zero attached hydrogens (tertiary/aromatic N) is 2. The van der Waals surface area contributed by atoms with Crippen LogP contribution in [0, 0.1) is 5.92 Å². The molecule has 2 aromatic heterocycles. The number of carbonyl (C=O) groups is 1. The van der Waals surface area contributed by atoms with E-state index in [1.807, 2.05) is 30.3 Å². The number of furan rings is 1. The van der Waals surface area contributed by atoms with Crippen molar-refractivity contribution in [2.45, 2.75) is 19.3 Å². The van der Waals surface area contributed by atoms with Gasteiger partial charge in [-0.3, -0.25) is 0 Å². The van der Waals surface area contributed by atoms with Crippen LogP contribution in [0.1, 0.15) is 46.5 Å². The molecule has 1 unspecified atom stereocenters. The van der Waals surface area contributed by atoms with E-state index in [4.69, 9.17) is 9.15 Å². The van der Waals surface area contributed by atoms with Gasteiger partial charge in [-0.15, -0.1) is 0 Å². The Hall–Kier alpha value is -3.87. The van der Waals surface area contributed by atoms with Gasteiger partial charge >= 0.3 is 5.97 Å². The maximum absolute atomic E-state index is 12.5. The molecule has 2 atom stereocenters. The third-order valence-electron chi connectivity index (χ3n) is 5.77. The van der Waals surface area contributed by atoms with Gasteiger partial charge in [-0.25, -0.2) is 14.8 Å². The summed E-state index contributed by atoms with van der Waals surface area (Å²) in [6.45, 7) is 2.55. The van der Waals surface area contributed by atoms with E-state index in [0.717, 1.165) is 17.6 Å². The molecule has 7 heteroatoms. The third kappa shape index (κ3) is 3.77. The number of fused-ring (bicyclic) bond motifs is 1. The van der Waals surface area contributed by atoms with Crippen LogP contribution in [0.2, 0.25) is 0 Å². The second kappa shape index (κ2) is 8.34. The molecule has 2 aliphatic rings. The highest BCUT2D eigenvalue weighted by molar-refractivity contribution is 6.21. The lowest BCUT2D eigenvalue weighted by Crippen LogP contribution is -2.10. The van der Waals surface area contributed by atoms with Gasteiger partial charge in [-0.05, 0) is 49.0 Å². The Morgan fingerprint density at radius 2 is 2.12 bits per heavy atom. The Kier molecular flexibility index (Phi) is 5.23. The molecule has 1 fully saturated rings. The summed E-state index contributed by atoms with van der Waals surface area (Å²) in [5.41, 5.74) is 2.90. The topological polar surface area (TPSA) is 97.0 Å². The number of ether oxygens (including phenoxy) is 1. The molecule has 0 radical (unpaired) electrons. The predicted molar refractivity (Wildman–Crippen MR) is 122 cm³/mol. The summed E-state index contributed by atoms with van der Waals surface area (Å²) in [4.78, 5) is 21.0. The summed E-state index contributed by atoms with van der Waals surface area (Å²) in [5.74, 6) is 1.03. The highest BCUT2D eigenvalue weighted by Gasteiger charge is 2.38. The number of benzene rings is 1. The predicted octanol–water partition coefficient (Wildman–Crippen LogP) is 5.03. The van der Waals surface area contributed by atoms with Crippen molar-refractivity contribution in [1.82, 2.24) is 4.98 Å². The lowest BCUT2D eigenvalue weighted by atomic mass is 10.1. The van der Waals surface area contributed by atoms with Crippen LogP contribution in [-0.2, 0) is 4.74 Å². The smallest absolute Gasteiger partial charge is 0.347 e. The quantitative estimate of drug-likeness (QED) is 0.512. The monoisotopic (exact) mass is 429 g/mol. The number of esters is 1. The first-order valence-electron chi connectivity index (χ1n) is 10.7. The summed E-state index contributed by atoms with van der Waals surface area (Å²) in [7, 11) is 0. The van der Waals surface area contributed by atoms with Gasteiger partial charge in [0.1, 0.15) is 0 Å². The molecule has 0 saturated heterocycles. The number of rotatable bonds is 7. The highest BCUT2D eigenvalue weighted by atomic mass is 16.5. The lowest BCUT2D eigenvalue weighted by molar-refractivity contribution is 0.0524.